The zero-order valence-corrected chi connectivity index (χ0v) is 35.4. The largest absolute Gasteiger partial charge is 0.443 e. The van der Waals surface area contributed by atoms with Crippen LogP contribution in [0, 0.1) is 25.2 Å². The van der Waals surface area contributed by atoms with Gasteiger partial charge in [0.15, 0.2) is 5.82 Å². The third-order valence-corrected chi connectivity index (χ3v) is 12.3. The summed E-state index contributed by atoms with van der Waals surface area (Å²) in [5.41, 5.74) is 10.5. The number of hydrogen-bond acceptors (Lipinski definition) is 11. The molecule has 1 aromatic heterocycles. The van der Waals surface area contributed by atoms with Crippen LogP contribution < -0.4 is 36.0 Å². The number of carbonyl (C=O) groups excluding carboxylic acids is 1. The normalized spacial score (nSPS) is 12.7. The molecule has 16 heteroatoms. The molecular formula is C40H47BrN8O5P2. The van der Waals surface area contributed by atoms with Gasteiger partial charge < -0.3 is 36.0 Å². The van der Waals surface area contributed by atoms with Gasteiger partial charge in [0.25, 0.3) is 0 Å². The van der Waals surface area contributed by atoms with Crippen LogP contribution in [0.15, 0.2) is 102 Å². The van der Waals surface area contributed by atoms with Crippen molar-refractivity contribution >= 4 is 71.3 Å². The fourth-order valence-corrected chi connectivity index (χ4v) is 8.50. The number of rotatable bonds is 15. The molecule has 1 heterocycles. The zero-order chi connectivity index (χ0) is 40.7. The Morgan fingerprint density at radius 2 is 1.38 bits per heavy atom. The van der Waals surface area contributed by atoms with E-state index >= 15 is 0 Å². The number of anilines is 6. The first-order valence-corrected chi connectivity index (χ1v) is 23.1. The second kappa shape index (κ2) is 20.5. The molecule has 0 aliphatic carbocycles. The van der Waals surface area contributed by atoms with Crippen molar-refractivity contribution < 1.29 is 23.0 Å². The van der Waals surface area contributed by atoms with Crippen molar-refractivity contribution in [2.45, 2.75) is 33.6 Å². The lowest BCUT2D eigenvalue weighted by Crippen LogP contribution is -2.30. The van der Waals surface area contributed by atoms with Gasteiger partial charge in [-0.15, -0.1) is 0 Å². The Labute approximate surface area is 336 Å². The van der Waals surface area contributed by atoms with Crippen LogP contribution >= 0.6 is 30.7 Å². The minimum atomic E-state index is -2.83. The topological polar surface area (TPSA) is 193 Å². The number of aryl methyl sites for hydroxylation is 2. The lowest BCUT2D eigenvalue weighted by Gasteiger charge is -2.17. The van der Waals surface area contributed by atoms with E-state index in [0.29, 0.717) is 64.0 Å². The van der Waals surface area contributed by atoms with E-state index in [1.165, 1.54) is 0 Å². The molecule has 294 valence electrons. The number of hydrogen-bond donors (Lipinski definition) is 5. The van der Waals surface area contributed by atoms with Crippen LogP contribution in [0.4, 0.5) is 39.4 Å². The molecule has 0 aliphatic heterocycles. The van der Waals surface area contributed by atoms with Gasteiger partial charge in [-0.25, -0.2) is 4.79 Å². The predicted molar refractivity (Wildman–Crippen MR) is 231 cm³/mol. The molecular weight excluding hydrogens is 814 g/mol. The maximum atomic E-state index is 12.7. The predicted octanol–water partition coefficient (Wildman–Crippen LogP) is 10.7. The first kappa shape index (κ1) is 43.4. The van der Waals surface area contributed by atoms with Crippen LogP contribution in [0.3, 0.4) is 0 Å². The summed E-state index contributed by atoms with van der Waals surface area (Å²) in [5, 5.41) is 21.1. The molecule has 2 amide bonds. The van der Waals surface area contributed by atoms with Gasteiger partial charge in [0.05, 0.1) is 11.6 Å². The van der Waals surface area contributed by atoms with E-state index < -0.39 is 14.7 Å². The summed E-state index contributed by atoms with van der Waals surface area (Å²) < 4.78 is 36.0. The number of amides is 2. The van der Waals surface area contributed by atoms with E-state index in [1.54, 1.807) is 49.7 Å². The first-order chi connectivity index (χ1) is 26.7. The Morgan fingerprint density at radius 3 is 1.91 bits per heavy atom. The van der Waals surface area contributed by atoms with Crippen molar-refractivity contribution in [2.75, 3.05) is 53.9 Å². The summed E-state index contributed by atoms with van der Waals surface area (Å²) in [6.07, 6.45) is 2.38. The van der Waals surface area contributed by atoms with E-state index in [9.17, 15) is 13.9 Å². The van der Waals surface area contributed by atoms with E-state index in [-0.39, 0.29) is 17.8 Å². The molecule has 0 saturated carbocycles. The Kier molecular flexibility index (Phi) is 15.9. The molecule has 5 rings (SSSR count). The lowest BCUT2D eigenvalue weighted by atomic mass is 10.1. The third-order valence-electron chi connectivity index (χ3n) is 7.92. The summed E-state index contributed by atoms with van der Waals surface area (Å²) in [5.74, 6) is 2.24. The van der Waals surface area contributed by atoms with E-state index in [0.717, 1.165) is 23.2 Å². The van der Waals surface area contributed by atoms with Crippen LogP contribution in [0.25, 0.3) is 0 Å². The number of aromatic nitrogens is 2. The average Bonchev–Trinajstić information content (AvgIpc) is 3.14. The molecule has 56 heavy (non-hydrogen) atoms. The minimum Gasteiger partial charge on any atom is -0.443 e. The molecule has 0 bridgehead atoms. The molecule has 4 aromatic carbocycles. The van der Waals surface area contributed by atoms with E-state index in [1.807, 2.05) is 81.4 Å². The van der Waals surface area contributed by atoms with Crippen LogP contribution in [0.1, 0.15) is 36.5 Å². The standard InChI is InChI=1S/C30H32BrN8O3P.C10H15O2P/c1-19-16-23(36-30(40)34-14-7-15-43(3,41)42-24-8-5-4-6-9-24)17-20(2)26(19)37-28-25(31)27(33)38-29(39-28)35-22-12-10-21(18-32)11-13-22;1-3-9-13(2,11)12-10-7-5-4-6-8-10/h4-6,8-13,16-17H,7,14-15H2,1-3H3,(H2,34,36,40)(H4,33,35,37,38,39);4-8H,3,9H2,1-2H3. The summed E-state index contributed by atoms with van der Waals surface area (Å²) in [6.45, 7) is 9.47. The van der Waals surface area contributed by atoms with Gasteiger partial charge in [-0.05, 0) is 114 Å². The summed E-state index contributed by atoms with van der Waals surface area (Å²) in [4.78, 5) is 21.4. The average molecular weight is 862 g/mol. The van der Waals surface area contributed by atoms with Crippen molar-refractivity contribution in [3.05, 3.63) is 118 Å². The maximum absolute atomic E-state index is 12.7. The molecule has 0 saturated heterocycles. The van der Waals surface area contributed by atoms with Gasteiger partial charge in [-0.3, -0.25) is 9.13 Å². The zero-order valence-electron chi connectivity index (χ0n) is 32.0. The van der Waals surface area contributed by atoms with E-state index in [4.69, 9.17) is 20.0 Å². The van der Waals surface area contributed by atoms with Crippen molar-refractivity contribution in [2.24, 2.45) is 0 Å². The molecule has 0 aliphatic rings. The van der Waals surface area contributed by atoms with Crippen LogP contribution in [-0.2, 0) is 9.13 Å². The Hall–Kier alpha value is -5.34. The second-order valence-electron chi connectivity index (χ2n) is 13.0. The first-order valence-electron chi connectivity index (χ1n) is 17.8. The monoisotopic (exact) mass is 860 g/mol. The molecule has 6 N–H and O–H groups in total. The molecule has 2 unspecified atom stereocenters. The molecule has 0 spiro atoms. The smallest absolute Gasteiger partial charge is 0.319 e. The van der Waals surface area contributed by atoms with Crippen LogP contribution in [0.2, 0.25) is 0 Å². The maximum Gasteiger partial charge on any atom is 0.319 e. The number of benzene rings is 4. The number of nitrogen functional groups attached to an aromatic ring is 1. The summed E-state index contributed by atoms with van der Waals surface area (Å²) in [7, 11) is -5.25. The van der Waals surface area contributed by atoms with Crippen LogP contribution in [0.5, 0.6) is 11.5 Å². The SMILES string of the molecule is CCCP(C)(=O)Oc1ccccc1.Cc1cc(NC(=O)NCCCP(C)(=O)Oc2ccccc2)cc(C)c1Nc1nc(Nc2ccc(C#N)cc2)nc(N)c1Br. The molecule has 13 nitrogen and oxygen atoms in total. The molecule has 0 fully saturated rings. The van der Waals surface area contributed by atoms with Gasteiger partial charge in [0.1, 0.15) is 21.8 Å². The van der Waals surface area contributed by atoms with Crippen molar-refractivity contribution in [3.8, 4) is 17.6 Å². The van der Waals surface area contributed by atoms with E-state index in [2.05, 4.69) is 53.2 Å². The number of halogens is 1. The number of nitrogens with one attached hydrogen (secondary N) is 4. The number of carbonyl (C=O) groups is 1. The van der Waals surface area contributed by atoms with Gasteiger partial charge in [-0.2, -0.15) is 15.2 Å². The summed E-state index contributed by atoms with van der Waals surface area (Å²) in [6, 6.07) is 30.7. The molecule has 2 atom stereocenters. The van der Waals surface area contributed by atoms with Crippen molar-refractivity contribution in [3.63, 3.8) is 0 Å². The van der Waals surface area contributed by atoms with Gasteiger partial charge >= 0.3 is 6.03 Å². The Bertz CT molecular complexity index is 2200. The highest BCUT2D eigenvalue weighted by Crippen LogP contribution is 2.44. The number of nitriles is 1. The van der Waals surface area contributed by atoms with Crippen LogP contribution in [-0.4, -0.2) is 48.2 Å². The number of urea groups is 1. The van der Waals surface area contributed by atoms with Gasteiger partial charge in [0.2, 0.25) is 20.7 Å². The fraction of sp³-hybridized carbons (Fsp3) is 0.250. The summed E-state index contributed by atoms with van der Waals surface area (Å²) >= 11 is 3.46. The molecule has 0 radical (unpaired) electrons. The highest BCUT2D eigenvalue weighted by atomic mass is 79.9. The quantitative estimate of drug-likeness (QED) is 0.0497. The fourth-order valence-electron chi connectivity index (χ4n) is 5.36. The van der Waals surface area contributed by atoms with Gasteiger partial charge in [0, 0.05) is 49.3 Å². The highest BCUT2D eigenvalue weighted by Gasteiger charge is 2.18. The van der Waals surface area contributed by atoms with Crippen molar-refractivity contribution in [1.29, 1.82) is 5.26 Å². The third kappa shape index (κ3) is 14.1. The lowest BCUT2D eigenvalue weighted by molar-refractivity contribution is 0.252. The second-order valence-corrected chi connectivity index (χ2v) is 19.1. The number of nitrogens with zero attached hydrogens (tertiary/aromatic N) is 3. The number of nitrogens with two attached hydrogens (primary N) is 1. The minimum absolute atomic E-state index is 0.241. The Balaban J connectivity index is 0.000000453. The molecule has 5 aromatic rings. The highest BCUT2D eigenvalue weighted by molar-refractivity contribution is 9.10. The Morgan fingerprint density at radius 1 is 0.821 bits per heavy atom. The van der Waals surface area contributed by atoms with Crippen molar-refractivity contribution in [1.82, 2.24) is 15.3 Å². The number of para-hydroxylation sites is 2. The van der Waals surface area contributed by atoms with Gasteiger partial charge in [-0.1, -0.05) is 43.3 Å².